The van der Waals surface area contributed by atoms with Gasteiger partial charge in [0, 0.05) is 31.1 Å². The number of ether oxygens (including phenoxy) is 2. The summed E-state index contributed by atoms with van der Waals surface area (Å²) in [6, 6.07) is 4.67. The molecule has 1 aromatic heterocycles. The second kappa shape index (κ2) is 5.56. The summed E-state index contributed by atoms with van der Waals surface area (Å²) < 4.78 is 11.2. The van der Waals surface area contributed by atoms with Crippen LogP contribution in [0, 0.1) is 0 Å². The predicted molar refractivity (Wildman–Crippen MR) is 81.0 cm³/mol. The lowest BCUT2D eigenvalue weighted by atomic mass is 10.2. The zero-order valence-corrected chi connectivity index (χ0v) is 12.2. The van der Waals surface area contributed by atoms with Crippen molar-refractivity contribution >= 4 is 11.0 Å². The molecule has 1 aromatic carbocycles. The summed E-state index contributed by atoms with van der Waals surface area (Å²) in [5.74, 6) is 2.64. The molecule has 0 spiro atoms. The number of hydrogen-bond acceptors (Lipinski definition) is 4. The van der Waals surface area contributed by atoms with E-state index in [-0.39, 0.29) is 0 Å². The van der Waals surface area contributed by atoms with Crippen molar-refractivity contribution in [2.45, 2.75) is 38.1 Å². The van der Waals surface area contributed by atoms with Gasteiger partial charge in [0.2, 0.25) is 0 Å². The molecule has 1 fully saturated rings. The van der Waals surface area contributed by atoms with Crippen LogP contribution in [0.4, 0.5) is 0 Å². The molecule has 21 heavy (non-hydrogen) atoms. The summed E-state index contributed by atoms with van der Waals surface area (Å²) in [5, 5.41) is 3.62. The van der Waals surface area contributed by atoms with Crippen LogP contribution < -0.4 is 14.8 Å². The average molecular weight is 287 g/mol. The summed E-state index contributed by atoms with van der Waals surface area (Å²) in [6.07, 6.45) is 6.31. The van der Waals surface area contributed by atoms with Gasteiger partial charge in [-0.1, -0.05) is 12.8 Å². The SMILES string of the molecule is c1c2c(cc3[nH]c(CCNC4CCCC4)nc13)OCCO2. The molecule has 5 nitrogen and oxygen atoms in total. The van der Waals surface area contributed by atoms with E-state index in [2.05, 4.69) is 15.3 Å². The minimum Gasteiger partial charge on any atom is -0.486 e. The van der Waals surface area contributed by atoms with E-state index in [1.165, 1.54) is 25.7 Å². The molecule has 0 unspecified atom stereocenters. The highest BCUT2D eigenvalue weighted by Gasteiger charge is 2.16. The molecule has 2 aromatic rings. The molecular weight excluding hydrogens is 266 g/mol. The van der Waals surface area contributed by atoms with Crippen molar-refractivity contribution in [3.63, 3.8) is 0 Å². The van der Waals surface area contributed by atoms with Crippen LogP contribution in [0.3, 0.4) is 0 Å². The van der Waals surface area contributed by atoms with E-state index in [0.29, 0.717) is 19.3 Å². The van der Waals surface area contributed by atoms with Gasteiger partial charge in [0.1, 0.15) is 19.0 Å². The number of nitrogens with zero attached hydrogens (tertiary/aromatic N) is 1. The Morgan fingerprint density at radius 3 is 2.71 bits per heavy atom. The lowest BCUT2D eigenvalue weighted by Crippen LogP contribution is -2.28. The maximum atomic E-state index is 5.60. The first-order valence-corrected chi connectivity index (χ1v) is 7.90. The van der Waals surface area contributed by atoms with Crippen molar-refractivity contribution in [3.8, 4) is 11.5 Å². The molecule has 0 bridgehead atoms. The highest BCUT2D eigenvalue weighted by atomic mass is 16.6. The lowest BCUT2D eigenvalue weighted by molar-refractivity contribution is 0.172. The Kier molecular flexibility index (Phi) is 3.43. The van der Waals surface area contributed by atoms with E-state index in [9.17, 15) is 0 Å². The zero-order chi connectivity index (χ0) is 14.1. The first-order valence-electron chi connectivity index (χ1n) is 7.90. The van der Waals surface area contributed by atoms with Gasteiger partial charge in [0.15, 0.2) is 11.5 Å². The summed E-state index contributed by atoms with van der Waals surface area (Å²) in [5.41, 5.74) is 1.98. The first-order chi connectivity index (χ1) is 10.4. The molecule has 5 heteroatoms. The van der Waals surface area contributed by atoms with Gasteiger partial charge in [-0.3, -0.25) is 0 Å². The molecule has 1 aliphatic heterocycles. The minimum atomic E-state index is 0.612. The van der Waals surface area contributed by atoms with Crippen LogP contribution in [-0.4, -0.2) is 35.8 Å². The van der Waals surface area contributed by atoms with Crippen LogP contribution in [-0.2, 0) is 6.42 Å². The van der Waals surface area contributed by atoms with E-state index in [1.54, 1.807) is 0 Å². The molecule has 2 aliphatic rings. The standard InChI is InChI=1S/C16H21N3O2/c1-2-4-11(3-1)17-6-5-16-18-12-9-14-15(10-13(12)19-16)21-8-7-20-14/h9-11,17H,1-8H2,(H,18,19). The van der Waals surface area contributed by atoms with Crippen molar-refractivity contribution in [2.75, 3.05) is 19.8 Å². The molecule has 0 atom stereocenters. The largest absolute Gasteiger partial charge is 0.486 e. The molecule has 2 heterocycles. The van der Waals surface area contributed by atoms with E-state index in [4.69, 9.17) is 9.47 Å². The molecule has 2 N–H and O–H groups in total. The van der Waals surface area contributed by atoms with E-state index >= 15 is 0 Å². The third-order valence-corrected chi connectivity index (χ3v) is 4.34. The molecular formula is C16H21N3O2. The van der Waals surface area contributed by atoms with Crippen molar-refractivity contribution < 1.29 is 9.47 Å². The van der Waals surface area contributed by atoms with Gasteiger partial charge in [-0.2, -0.15) is 0 Å². The fraction of sp³-hybridized carbons (Fsp3) is 0.562. The van der Waals surface area contributed by atoms with E-state index in [0.717, 1.165) is 41.3 Å². The number of fused-ring (bicyclic) bond motifs is 2. The van der Waals surface area contributed by atoms with Crippen molar-refractivity contribution in [1.29, 1.82) is 0 Å². The monoisotopic (exact) mass is 287 g/mol. The summed E-state index contributed by atoms with van der Waals surface area (Å²) in [6.45, 7) is 2.21. The molecule has 0 amide bonds. The van der Waals surface area contributed by atoms with Crippen LogP contribution in [0.1, 0.15) is 31.5 Å². The van der Waals surface area contributed by atoms with Crippen molar-refractivity contribution in [1.82, 2.24) is 15.3 Å². The normalized spacial score (nSPS) is 18.5. The molecule has 4 rings (SSSR count). The Morgan fingerprint density at radius 1 is 1.14 bits per heavy atom. The predicted octanol–water partition coefficient (Wildman–Crippen LogP) is 2.41. The van der Waals surface area contributed by atoms with Crippen LogP contribution in [0.25, 0.3) is 11.0 Å². The number of rotatable bonds is 4. The van der Waals surface area contributed by atoms with Gasteiger partial charge >= 0.3 is 0 Å². The summed E-state index contributed by atoms with van der Waals surface area (Å²) in [7, 11) is 0. The fourth-order valence-corrected chi connectivity index (χ4v) is 3.24. The Hall–Kier alpha value is -1.75. The third-order valence-electron chi connectivity index (χ3n) is 4.34. The maximum absolute atomic E-state index is 5.60. The van der Waals surface area contributed by atoms with Crippen molar-refractivity contribution in [2.24, 2.45) is 0 Å². The van der Waals surface area contributed by atoms with Crippen LogP contribution in [0.5, 0.6) is 11.5 Å². The number of imidazole rings is 1. The number of nitrogens with one attached hydrogen (secondary N) is 2. The highest BCUT2D eigenvalue weighted by Crippen LogP contribution is 2.33. The van der Waals surface area contributed by atoms with E-state index in [1.807, 2.05) is 12.1 Å². The Morgan fingerprint density at radius 2 is 1.90 bits per heavy atom. The zero-order valence-electron chi connectivity index (χ0n) is 12.2. The minimum absolute atomic E-state index is 0.612. The Balaban J connectivity index is 1.45. The van der Waals surface area contributed by atoms with Crippen molar-refractivity contribution in [3.05, 3.63) is 18.0 Å². The summed E-state index contributed by atoms with van der Waals surface area (Å²) >= 11 is 0. The number of H-pyrrole nitrogens is 1. The van der Waals surface area contributed by atoms with Gasteiger partial charge in [0.25, 0.3) is 0 Å². The second-order valence-electron chi connectivity index (χ2n) is 5.88. The first kappa shape index (κ1) is 13.0. The van der Waals surface area contributed by atoms with Gasteiger partial charge in [-0.05, 0) is 12.8 Å². The maximum Gasteiger partial charge on any atom is 0.163 e. The number of hydrogen-bond donors (Lipinski definition) is 2. The number of aromatic amines is 1. The number of aromatic nitrogens is 2. The van der Waals surface area contributed by atoms with Gasteiger partial charge < -0.3 is 19.8 Å². The lowest BCUT2D eigenvalue weighted by Gasteiger charge is -2.17. The Bertz CT molecular complexity index is 589. The second-order valence-corrected chi connectivity index (χ2v) is 5.88. The molecule has 0 radical (unpaired) electrons. The quantitative estimate of drug-likeness (QED) is 0.906. The van der Waals surface area contributed by atoms with Gasteiger partial charge in [0.05, 0.1) is 11.0 Å². The van der Waals surface area contributed by atoms with Crippen LogP contribution in [0.2, 0.25) is 0 Å². The third kappa shape index (κ3) is 2.70. The molecule has 112 valence electrons. The van der Waals surface area contributed by atoms with E-state index < -0.39 is 0 Å². The van der Waals surface area contributed by atoms with Crippen LogP contribution >= 0.6 is 0 Å². The smallest absolute Gasteiger partial charge is 0.163 e. The topological polar surface area (TPSA) is 59.2 Å². The molecule has 1 aliphatic carbocycles. The van der Waals surface area contributed by atoms with Gasteiger partial charge in [-0.15, -0.1) is 0 Å². The fourth-order valence-electron chi connectivity index (χ4n) is 3.24. The Labute approximate surface area is 124 Å². The summed E-state index contributed by atoms with van der Waals surface area (Å²) in [4.78, 5) is 8.04. The molecule has 1 saturated carbocycles. The van der Waals surface area contributed by atoms with Crippen LogP contribution in [0.15, 0.2) is 12.1 Å². The number of benzene rings is 1. The van der Waals surface area contributed by atoms with Gasteiger partial charge in [-0.25, -0.2) is 4.98 Å². The molecule has 0 saturated heterocycles. The average Bonchev–Trinajstić information content (AvgIpc) is 3.13. The highest BCUT2D eigenvalue weighted by molar-refractivity contribution is 5.79.